The third kappa shape index (κ3) is 2.97. The summed E-state index contributed by atoms with van der Waals surface area (Å²) in [6.07, 6.45) is 1.73. The number of aryl methyl sites for hydroxylation is 1. The van der Waals surface area contributed by atoms with Crippen LogP contribution in [0.5, 0.6) is 0 Å². The largest absolute Gasteiger partial charge is 0.274 e. The first-order valence-electron chi connectivity index (χ1n) is 4.33. The predicted octanol–water partition coefficient (Wildman–Crippen LogP) is 1.25. The Labute approximate surface area is 83.1 Å². The fraction of sp³-hybridized carbons (Fsp3) is 0.300. The Bertz CT molecular complexity index is 354. The van der Waals surface area contributed by atoms with E-state index in [4.69, 9.17) is 0 Å². The van der Waals surface area contributed by atoms with Gasteiger partial charge < -0.3 is 0 Å². The summed E-state index contributed by atoms with van der Waals surface area (Å²) in [5.74, 6) is -0.176. The maximum atomic E-state index is 10.6. The first kappa shape index (κ1) is 10.4. The van der Waals surface area contributed by atoms with Crippen molar-refractivity contribution in [2.24, 2.45) is 5.10 Å². The molecule has 0 fully saturated rings. The van der Waals surface area contributed by atoms with Gasteiger partial charge in [0.2, 0.25) is 5.91 Å². The SMILES string of the molecule is CC(=O)NN=C(C)c1ccc(C)nc1. The topological polar surface area (TPSA) is 54.4 Å². The van der Waals surface area contributed by atoms with Crippen molar-refractivity contribution in [1.82, 2.24) is 10.4 Å². The third-order valence-electron chi connectivity index (χ3n) is 1.71. The zero-order valence-corrected chi connectivity index (χ0v) is 8.53. The Morgan fingerprint density at radius 1 is 1.43 bits per heavy atom. The number of hydrazone groups is 1. The number of nitrogens with one attached hydrogen (secondary N) is 1. The van der Waals surface area contributed by atoms with E-state index in [2.05, 4.69) is 15.5 Å². The molecule has 0 saturated heterocycles. The summed E-state index contributed by atoms with van der Waals surface area (Å²) in [7, 11) is 0. The molecule has 74 valence electrons. The molecule has 0 spiro atoms. The molecule has 1 heterocycles. The van der Waals surface area contributed by atoms with Gasteiger partial charge in [-0.3, -0.25) is 9.78 Å². The molecule has 14 heavy (non-hydrogen) atoms. The number of nitrogens with zero attached hydrogens (tertiary/aromatic N) is 2. The van der Waals surface area contributed by atoms with Crippen molar-refractivity contribution in [3.8, 4) is 0 Å². The first-order chi connectivity index (χ1) is 6.59. The van der Waals surface area contributed by atoms with Crippen LogP contribution in [0.3, 0.4) is 0 Å². The Kier molecular flexibility index (Phi) is 3.34. The minimum atomic E-state index is -0.176. The van der Waals surface area contributed by atoms with Crippen LogP contribution in [0.1, 0.15) is 25.1 Å². The number of carbonyl (C=O) groups excluding carboxylic acids is 1. The molecule has 1 amide bonds. The average molecular weight is 191 g/mol. The van der Waals surface area contributed by atoms with Crippen LogP contribution in [0.4, 0.5) is 0 Å². The van der Waals surface area contributed by atoms with Gasteiger partial charge in [-0.2, -0.15) is 5.10 Å². The molecule has 0 unspecified atom stereocenters. The minimum Gasteiger partial charge on any atom is -0.274 e. The molecule has 0 aliphatic carbocycles. The van der Waals surface area contributed by atoms with Crippen molar-refractivity contribution in [3.05, 3.63) is 29.6 Å². The fourth-order valence-corrected chi connectivity index (χ4v) is 0.909. The van der Waals surface area contributed by atoms with Crippen LogP contribution < -0.4 is 5.43 Å². The van der Waals surface area contributed by atoms with Gasteiger partial charge in [0.1, 0.15) is 0 Å². The highest BCUT2D eigenvalue weighted by Crippen LogP contribution is 2.00. The maximum Gasteiger partial charge on any atom is 0.236 e. The highest BCUT2D eigenvalue weighted by atomic mass is 16.2. The second kappa shape index (κ2) is 4.50. The van der Waals surface area contributed by atoms with Gasteiger partial charge in [0.25, 0.3) is 0 Å². The molecule has 0 aliphatic heterocycles. The molecular weight excluding hydrogens is 178 g/mol. The first-order valence-corrected chi connectivity index (χ1v) is 4.33. The van der Waals surface area contributed by atoms with Gasteiger partial charge in [-0.25, -0.2) is 5.43 Å². The number of hydrogen-bond acceptors (Lipinski definition) is 3. The summed E-state index contributed by atoms with van der Waals surface area (Å²) in [5.41, 5.74) is 4.99. The van der Waals surface area contributed by atoms with E-state index in [9.17, 15) is 4.79 Å². The highest BCUT2D eigenvalue weighted by molar-refractivity contribution is 5.98. The zero-order valence-electron chi connectivity index (χ0n) is 8.53. The van der Waals surface area contributed by atoms with Gasteiger partial charge in [0.15, 0.2) is 0 Å². The molecule has 4 heteroatoms. The summed E-state index contributed by atoms with van der Waals surface area (Å²) in [6.45, 7) is 5.16. The van der Waals surface area contributed by atoms with E-state index in [0.717, 1.165) is 17.0 Å². The number of hydrogen-bond donors (Lipinski definition) is 1. The van der Waals surface area contributed by atoms with E-state index in [0.29, 0.717) is 0 Å². The van der Waals surface area contributed by atoms with Gasteiger partial charge in [-0.15, -0.1) is 0 Å². The van der Waals surface area contributed by atoms with Crippen LogP contribution in [0, 0.1) is 6.92 Å². The van der Waals surface area contributed by atoms with Crippen molar-refractivity contribution in [1.29, 1.82) is 0 Å². The van der Waals surface area contributed by atoms with Crippen molar-refractivity contribution >= 4 is 11.6 Å². The number of aromatic nitrogens is 1. The van der Waals surface area contributed by atoms with Gasteiger partial charge in [-0.1, -0.05) is 0 Å². The molecule has 0 aromatic carbocycles. The lowest BCUT2D eigenvalue weighted by molar-refractivity contribution is -0.118. The van der Waals surface area contributed by atoms with E-state index >= 15 is 0 Å². The van der Waals surface area contributed by atoms with Crippen LogP contribution in [-0.4, -0.2) is 16.6 Å². The quantitative estimate of drug-likeness (QED) is 0.565. The van der Waals surface area contributed by atoms with Crippen LogP contribution in [-0.2, 0) is 4.79 Å². The highest BCUT2D eigenvalue weighted by Gasteiger charge is 1.97. The monoisotopic (exact) mass is 191 g/mol. The molecular formula is C10H13N3O. The molecule has 0 atom stereocenters. The maximum absolute atomic E-state index is 10.6. The molecule has 1 aromatic rings. The number of carbonyl (C=O) groups is 1. The smallest absolute Gasteiger partial charge is 0.236 e. The summed E-state index contributed by atoms with van der Waals surface area (Å²) in [6, 6.07) is 3.82. The van der Waals surface area contributed by atoms with Crippen LogP contribution >= 0.6 is 0 Å². The Hall–Kier alpha value is -1.71. The van der Waals surface area contributed by atoms with Crippen LogP contribution in [0.25, 0.3) is 0 Å². The molecule has 0 aliphatic rings. The Morgan fingerprint density at radius 3 is 2.64 bits per heavy atom. The van der Waals surface area contributed by atoms with Gasteiger partial charge in [-0.05, 0) is 26.0 Å². The van der Waals surface area contributed by atoms with E-state index < -0.39 is 0 Å². The summed E-state index contributed by atoms with van der Waals surface area (Å²) >= 11 is 0. The molecule has 0 saturated carbocycles. The number of rotatable bonds is 2. The number of pyridine rings is 1. The molecule has 1 rings (SSSR count). The Morgan fingerprint density at radius 2 is 2.14 bits per heavy atom. The number of amides is 1. The second-order valence-corrected chi connectivity index (χ2v) is 3.05. The van der Waals surface area contributed by atoms with Crippen LogP contribution in [0.2, 0.25) is 0 Å². The summed E-state index contributed by atoms with van der Waals surface area (Å²) in [5, 5.41) is 3.90. The van der Waals surface area contributed by atoms with E-state index in [1.54, 1.807) is 6.20 Å². The Balaban J connectivity index is 2.78. The minimum absolute atomic E-state index is 0.176. The second-order valence-electron chi connectivity index (χ2n) is 3.05. The molecule has 1 N–H and O–H groups in total. The van der Waals surface area contributed by atoms with Crippen molar-refractivity contribution in [3.63, 3.8) is 0 Å². The predicted molar refractivity (Wildman–Crippen MR) is 55.0 cm³/mol. The normalized spacial score (nSPS) is 11.2. The van der Waals surface area contributed by atoms with Gasteiger partial charge in [0.05, 0.1) is 5.71 Å². The summed E-state index contributed by atoms with van der Waals surface area (Å²) in [4.78, 5) is 14.7. The summed E-state index contributed by atoms with van der Waals surface area (Å²) < 4.78 is 0. The third-order valence-corrected chi connectivity index (χ3v) is 1.71. The zero-order chi connectivity index (χ0) is 10.6. The lowest BCUT2D eigenvalue weighted by atomic mass is 10.2. The van der Waals surface area contributed by atoms with Gasteiger partial charge >= 0.3 is 0 Å². The van der Waals surface area contributed by atoms with Gasteiger partial charge in [0, 0.05) is 24.4 Å². The van der Waals surface area contributed by atoms with E-state index in [1.165, 1.54) is 6.92 Å². The average Bonchev–Trinajstić information content (AvgIpc) is 2.15. The van der Waals surface area contributed by atoms with E-state index in [1.807, 2.05) is 26.0 Å². The van der Waals surface area contributed by atoms with Crippen molar-refractivity contribution in [2.75, 3.05) is 0 Å². The van der Waals surface area contributed by atoms with Crippen LogP contribution in [0.15, 0.2) is 23.4 Å². The molecule has 4 nitrogen and oxygen atoms in total. The van der Waals surface area contributed by atoms with E-state index in [-0.39, 0.29) is 5.91 Å². The van der Waals surface area contributed by atoms with Crippen molar-refractivity contribution in [2.45, 2.75) is 20.8 Å². The standard InChI is InChI=1S/C10H13N3O/c1-7-4-5-10(6-11-7)8(2)12-13-9(3)14/h4-6H,1-3H3,(H,13,14). The molecule has 1 aromatic heterocycles. The molecule has 0 bridgehead atoms. The molecule has 0 radical (unpaired) electrons. The lowest BCUT2D eigenvalue weighted by Gasteiger charge is -2.00. The lowest BCUT2D eigenvalue weighted by Crippen LogP contribution is -2.15. The van der Waals surface area contributed by atoms with Crippen molar-refractivity contribution < 1.29 is 4.79 Å². The fourth-order valence-electron chi connectivity index (χ4n) is 0.909.